The highest BCUT2D eigenvalue weighted by Gasteiger charge is 2.30. The van der Waals surface area contributed by atoms with Crippen LogP contribution in [0, 0.1) is 25.1 Å². The molecule has 0 bridgehead atoms. The summed E-state index contributed by atoms with van der Waals surface area (Å²) in [5, 5.41) is 9.09. The van der Waals surface area contributed by atoms with Gasteiger partial charge in [0.15, 0.2) is 0 Å². The summed E-state index contributed by atoms with van der Waals surface area (Å²) in [6.07, 6.45) is 0.181. The Balaban J connectivity index is 3.28. The lowest BCUT2D eigenvalue weighted by Gasteiger charge is -2.22. The first-order chi connectivity index (χ1) is 7.66. The lowest BCUT2D eigenvalue weighted by molar-refractivity contribution is -0.146. The third-order valence-electron chi connectivity index (χ3n) is 3.06. The topological polar surface area (TPSA) is 37.3 Å². The van der Waals surface area contributed by atoms with E-state index in [0.717, 1.165) is 11.1 Å². The van der Waals surface area contributed by atoms with Crippen LogP contribution in [0.2, 0.25) is 0 Å². The smallest absolute Gasteiger partial charge is 0.309 e. The number of halogens is 2. The highest BCUT2D eigenvalue weighted by molar-refractivity contribution is 9.10. The highest BCUT2D eigenvalue weighted by Crippen LogP contribution is 2.31. The van der Waals surface area contributed by atoms with Gasteiger partial charge in [-0.05, 0) is 72.8 Å². The van der Waals surface area contributed by atoms with Crippen molar-refractivity contribution >= 4 is 21.9 Å². The average Bonchev–Trinajstić information content (AvgIpc) is 2.21. The Kier molecular flexibility index (Phi) is 3.97. The second-order valence-electron chi connectivity index (χ2n) is 4.96. The SMILES string of the molecule is Cc1cc(Br)c(F)c(CC(C)(C)C(=O)O)c1C. The molecule has 0 radical (unpaired) electrons. The Morgan fingerprint density at radius 1 is 1.47 bits per heavy atom. The van der Waals surface area contributed by atoms with Crippen LogP contribution in [0.3, 0.4) is 0 Å². The minimum atomic E-state index is -0.973. The normalized spacial score (nSPS) is 11.6. The van der Waals surface area contributed by atoms with Gasteiger partial charge in [-0.25, -0.2) is 4.39 Å². The zero-order chi connectivity index (χ0) is 13.4. The van der Waals surface area contributed by atoms with Gasteiger partial charge in [0.2, 0.25) is 0 Å². The van der Waals surface area contributed by atoms with Gasteiger partial charge < -0.3 is 5.11 Å². The van der Waals surface area contributed by atoms with E-state index in [4.69, 9.17) is 5.11 Å². The van der Waals surface area contributed by atoms with Crippen LogP contribution in [-0.4, -0.2) is 11.1 Å². The van der Waals surface area contributed by atoms with Crippen LogP contribution in [0.4, 0.5) is 4.39 Å². The molecule has 0 unspecified atom stereocenters. The van der Waals surface area contributed by atoms with E-state index in [0.29, 0.717) is 10.0 Å². The Hall–Kier alpha value is -0.900. The summed E-state index contributed by atoms with van der Waals surface area (Å²) in [4.78, 5) is 11.1. The standard InChI is InChI=1S/C13H16BrFO2/c1-7-5-10(14)11(15)9(8(7)2)6-13(3,4)12(16)17/h5H,6H2,1-4H3,(H,16,17). The van der Waals surface area contributed by atoms with Crippen molar-refractivity contribution in [2.75, 3.05) is 0 Å². The molecule has 0 aliphatic heterocycles. The molecule has 17 heavy (non-hydrogen) atoms. The molecule has 1 aromatic carbocycles. The maximum Gasteiger partial charge on any atom is 0.309 e. The number of carboxylic acid groups (broad SMARTS) is 1. The number of rotatable bonds is 3. The summed E-state index contributed by atoms with van der Waals surface area (Å²) in [6.45, 7) is 6.91. The zero-order valence-corrected chi connectivity index (χ0v) is 12.0. The molecule has 0 saturated carbocycles. The molecule has 4 heteroatoms. The van der Waals surface area contributed by atoms with E-state index in [1.54, 1.807) is 19.9 Å². The number of carboxylic acids is 1. The third-order valence-corrected chi connectivity index (χ3v) is 3.64. The number of benzene rings is 1. The van der Waals surface area contributed by atoms with Crippen LogP contribution in [0.5, 0.6) is 0 Å². The van der Waals surface area contributed by atoms with Crippen molar-refractivity contribution in [3.8, 4) is 0 Å². The van der Waals surface area contributed by atoms with Crippen LogP contribution < -0.4 is 0 Å². The molecule has 0 aromatic heterocycles. The minimum Gasteiger partial charge on any atom is -0.481 e. The van der Waals surface area contributed by atoms with Crippen molar-refractivity contribution in [3.05, 3.63) is 33.0 Å². The summed E-state index contributed by atoms with van der Waals surface area (Å²) >= 11 is 3.15. The van der Waals surface area contributed by atoms with Crippen LogP contribution >= 0.6 is 15.9 Å². The number of carbonyl (C=O) groups is 1. The van der Waals surface area contributed by atoms with Crippen LogP contribution in [0.15, 0.2) is 10.5 Å². The molecular formula is C13H16BrFO2. The van der Waals surface area contributed by atoms with E-state index in [1.165, 1.54) is 0 Å². The Bertz CT molecular complexity index is 441. The Morgan fingerprint density at radius 2 is 2.00 bits per heavy atom. The lowest BCUT2D eigenvalue weighted by atomic mass is 9.83. The quantitative estimate of drug-likeness (QED) is 0.920. The van der Waals surface area contributed by atoms with Crippen molar-refractivity contribution in [2.24, 2.45) is 5.41 Å². The van der Waals surface area contributed by atoms with E-state index in [9.17, 15) is 9.18 Å². The van der Waals surface area contributed by atoms with Gasteiger partial charge in [0.1, 0.15) is 5.82 Å². The predicted octanol–water partition coefficient (Wildman–Crippen LogP) is 3.86. The van der Waals surface area contributed by atoms with E-state index in [1.807, 2.05) is 13.8 Å². The number of aliphatic carboxylic acids is 1. The van der Waals surface area contributed by atoms with Gasteiger partial charge in [-0.2, -0.15) is 0 Å². The van der Waals surface area contributed by atoms with Crippen LogP contribution in [0.1, 0.15) is 30.5 Å². The van der Waals surface area contributed by atoms with Gasteiger partial charge in [0.05, 0.1) is 9.89 Å². The number of hydrogen-bond acceptors (Lipinski definition) is 1. The first kappa shape index (κ1) is 14.2. The Labute approximate surface area is 109 Å². The van der Waals surface area contributed by atoms with E-state index >= 15 is 0 Å². The average molecular weight is 303 g/mol. The maximum absolute atomic E-state index is 14.0. The number of aryl methyl sites for hydroxylation is 1. The first-order valence-electron chi connectivity index (χ1n) is 5.34. The molecule has 1 N–H and O–H groups in total. The van der Waals surface area contributed by atoms with Gasteiger partial charge in [-0.3, -0.25) is 4.79 Å². The van der Waals surface area contributed by atoms with Gasteiger partial charge >= 0.3 is 5.97 Å². The van der Waals surface area contributed by atoms with Crippen molar-refractivity contribution < 1.29 is 14.3 Å². The zero-order valence-electron chi connectivity index (χ0n) is 10.4. The molecule has 0 amide bonds. The Morgan fingerprint density at radius 3 is 2.47 bits per heavy atom. The van der Waals surface area contributed by atoms with Gasteiger partial charge in [-0.1, -0.05) is 0 Å². The van der Waals surface area contributed by atoms with E-state index < -0.39 is 11.4 Å². The molecule has 1 rings (SSSR count). The molecule has 0 saturated heterocycles. The molecule has 0 atom stereocenters. The summed E-state index contributed by atoms with van der Waals surface area (Å²) in [7, 11) is 0. The third kappa shape index (κ3) is 2.86. The lowest BCUT2D eigenvalue weighted by Crippen LogP contribution is -2.27. The predicted molar refractivity (Wildman–Crippen MR) is 68.7 cm³/mol. The largest absolute Gasteiger partial charge is 0.481 e. The first-order valence-corrected chi connectivity index (χ1v) is 6.13. The molecule has 0 aliphatic rings. The van der Waals surface area contributed by atoms with Crippen LogP contribution in [0.25, 0.3) is 0 Å². The fourth-order valence-electron chi connectivity index (χ4n) is 1.64. The van der Waals surface area contributed by atoms with Gasteiger partial charge in [-0.15, -0.1) is 0 Å². The maximum atomic E-state index is 14.0. The number of hydrogen-bond donors (Lipinski definition) is 1. The van der Waals surface area contributed by atoms with Crippen LogP contribution in [-0.2, 0) is 11.2 Å². The summed E-state index contributed by atoms with van der Waals surface area (Å²) < 4.78 is 14.4. The van der Waals surface area contributed by atoms with Gasteiger partial charge in [0, 0.05) is 0 Å². The van der Waals surface area contributed by atoms with Crippen molar-refractivity contribution in [2.45, 2.75) is 34.1 Å². The van der Waals surface area contributed by atoms with E-state index in [2.05, 4.69) is 15.9 Å². The van der Waals surface area contributed by atoms with Crippen molar-refractivity contribution in [1.82, 2.24) is 0 Å². The molecule has 0 heterocycles. The molecule has 0 aliphatic carbocycles. The summed E-state index contributed by atoms with van der Waals surface area (Å²) in [5.41, 5.74) is 1.28. The summed E-state index contributed by atoms with van der Waals surface area (Å²) in [6, 6.07) is 1.71. The molecule has 94 valence electrons. The monoisotopic (exact) mass is 302 g/mol. The molecule has 1 aromatic rings. The fraction of sp³-hybridized carbons (Fsp3) is 0.462. The molecule has 2 nitrogen and oxygen atoms in total. The fourth-order valence-corrected chi connectivity index (χ4v) is 2.22. The highest BCUT2D eigenvalue weighted by atomic mass is 79.9. The van der Waals surface area contributed by atoms with Gasteiger partial charge in [0.25, 0.3) is 0 Å². The second-order valence-corrected chi connectivity index (χ2v) is 5.81. The van der Waals surface area contributed by atoms with E-state index in [-0.39, 0.29) is 12.2 Å². The minimum absolute atomic E-state index is 0.181. The molecule has 0 fully saturated rings. The second kappa shape index (κ2) is 4.77. The summed E-state index contributed by atoms with van der Waals surface area (Å²) in [5.74, 6) is -1.28. The molecule has 0 spiro atoms. The van der Waals surface area contributed by atoms with Crippen molar-refractivity contribution in [1.29, 1.82) is 0 Å². The molecular weight excluding hydrogens is 287 g/mol. The van der Waals surface area contributed by atoms with Crippen molar-refractivity contribution in [3.63, 3.8) is 0 Å².